The predicted molar refractivity (Wildman–Crippen MR) is 74.3 cm³/mol. The minimum atomic E-state index is 0.541. The Kier molecular flexibility index (Phi) is 6.92. The normalized spacial score (nSPS) is 10.4. The molecule has 18 heavy (non-hydrogen) atoms. The Bertz CT molecular complexity index is 365. The number of hydrogen-bond acceptors (Lipinski definition) is 6. The minimum Gasteiger partial charge on any atom is -0.480 e. The zero-order valence-electron chi connectivity index (χ0n) is 10.9. The number of nitrogens with zero attached hydrogens (tertiary/aromatic N) is 3. The molecule has 1 rings (SSSR count). The fourth-order valence-corrected chi connectivity index (χ4v) is 1.67. The van der Waals surface area contributed by atoms with Crippen molar-refractivity contribution >= 4 is 21.9 Å². The van der Waals surface area contributed by atoms with E-state index in [-0.39, 0.29) is 0 Å². The van der Waals surface area contributed by atoms with Gasteiger partial charge in [-0.15, -0.1) is 0 Å². The second-order valence-electron chi connectivity index (χ2n) is 3.69. The molecule has 7 heteroatoms. The highest BCUT2D eigenvalue weighted by Gasteiger charge is 2.08. The van der Waals surface area contributed by atoms with Crippen molar-refractivity contribution in [1.29, 1.82) is 0 Å². The van der Waals surface area contributed by atoms with Crippen LogP contribution in [0.25, 0.3) is 0 Å². The molecule has 0 aliphatic carbocycles. The predicted octanol–water partition coefficient (Wildman–Crippen LogP) is 0.920. The maximum Gasteiger partial charge on any atom is 0.232 e. The topological polar surface area (TPSA) is 59.5 Å². The zero-order chi connectivity index (χ0) is 13.4. The maximum atomic E-state index is 5.14. The Morgan fingerprint density at radius 2 is 2.17 bits per heavy atom. The quantitative estimate of drug-likeness (QED) is 0.719. The van der Waals surface area contributed by atoms with Crippen LogP contribution in [-0.4, -0.2) is 57.5 Å². The van der Waals surface area contributed by atoms with Crippen LogP contribution in [-0.2, 0) is 4.74 Å². The Morgan fingerprint density at radius 3 is 2.83 bits per heavy atom. The van der Waals surface area contributed by atoms with Crippen LogP contribution in [0.3, 0.4) is 0 Å². The van der Waals surface area contributed by atoms with Gasteiger partial charge in [-0.25, -0.2) is 4.98 Å². The first kappa shape index (κ1) is 15.1. The van der Waals surface area contributed by atoms with Gasteiger partial charge in [0.15, 0.2) is 0 Å². The number of methoxy groups -OCH3 is 2. The molecule has 0 atom stereocenters. The van der Waals surface area contributed by atoms with E-state index >= 15 is 0 Å². The average Bonchev–Trinajstić information content (AvgIpc) is 2.38. The largest absolute Gasteiger partial charge is 0.480 e. The first-order valence-corrected chi connectivity index (χ1v) is 6.45. The molecule has 0 aliphatic rings. The van der Waals surface area contributed by atoms with Gasteiger partial charge in [0.2, 0.25) is 11.8 Å². The molecular formula is C11H19BrN4O2. The van der Waals surface area contributed by atoms with Crippen molar-refractivity contribution in [1.82, 2.24) is 15.3 Å². The van der Waals surface area contributed by atoms with Gasteiger partial charge in [-0.3, -0.25) is 0 Å². The van der Waals surface area contributed by atoms with Crippen molar-refractivity contribution in [2.75, 3.05) is 52.4 Å². The fourth-order valence-electron chi connectivity index (χ4n) is 1.32. The third-order valence-electron chi connectivity index (χ3n) is 2.34. The van der Waals surface area contributed by atoms with Crippen molar-refractivity contribution in [3.05, 3.63) is 10.7 Å². The molecule has 102 valence electrons. The number of hydrogen-bond donors (Lipinski definition) is 1. The van der Waals surface area contributed by atoms with E-state index in [0.29, 0.717) is 18.4 Å². The second-order valence-corrected chi connectivity index (χ2v) is 4.55. The maximum absolute atomic E-state index is 5.14. The molecule has 1 aromatic rings. The molecule has 6 nitrogen and oxygen atoms in total. The van der Waals surface area contributed by atoms with Gasteiger partial charge in [0.25, 0.3) is 0 Å². The van der Waals surface area contributed by atoms with Crippen LogP contribution >= 0.6 is 15.9 Å². The molecule has 1 aromatic heterocycles. The van der Waals surface area contributed by atoms with E-state index in [4.69, 9.17) is 9.47 Å². The zero-order valence-corrected chi connectivity index (χ0v) is 12.5. The van der Waals surface area contributed by atoms with Crippen LogP contribution in [0, 0.1) is 0 Å². The standard InChI is InChI=1S/C11H19BrN4O2/c1-16(6-4-13-5-7-17-2)11-14-8-9(12)10(15-11)18-3/h8,13H,4-7H2,1-3H3. The molecule has 0 fully saturated rings. The van der Waals surface area contributed by atoms with Gasteiger partial charge < -0.3 is 19.7 Å². The van der Waals surface area contributed by atoms with Crippen LogP contribution in [0.1, 0.15) is 0 Å². The lowest BCUT2D eigenvalue weighted by molar-refractivity contribution is 0.200. The molecule has 0 spiro atoms. The first-order chi connectivity index (χ1) is 8.69. The van der Waals surface area contributed by atoms with E-state index in [1.807, 2.05) is 11.9 Å². The van der Waals surface area contributed by atoms with Crippen LogP contribution in [0.2, 0.25) is 0 Å². The SMILES string of the molecule is COCCNCCN(C)c1ncc(Br)c(OC)n1. The van der Waals surface area contributed by atoms with Gasteiger partial charge in [-0.05, 0) is 15.9 Å². The van der Waals surface area contributed by atoms with Crippen molar-refractivity contribution in [3.63, 3.8) is 0 Å². The van der Waals surface area contributed by atoms with E-state index in [0.717, 1.165) is 24.1 Å². The molecule has 1 heterocycles. The number of rotatable bonds is 8. The number of nitrogens with one attached hydrogen (secondary N) is 1. The minimum absolute atomic E-state index is 0.541. The Balaban J connectivity index is 2.43. The van der Waals surface area contributed by atoms with E-state index in [1.165, 1.54) is 0 Å². The summed E-state index contributed by atoms with van der Waals surface area (Å²) >= 11 is 3.33. The third-order valence-corrected chi connectivity index (χ3v) is 2.88. The van der Waals surface area contributed by atoms with E-state index < -0.39 is 0 Å². The number of likely N-dealkylation sites (N-methyl/N-ethyl adjacent to an activating group) is 1. The van der Waals surface area contributed by atoms with Crippen molar-refractivity contribution in [3.8, 4) is 5.88 Å². The summed E-state index contributed by atoms with van der Waals surface area (Å²) in [6, 6.07) is 0. The highest BCUT2D eigenvalue weighted by Crippen LogP contribution is 2.22. The number of ether oxygens (including phenoxy) is 2. The van der Waals surface area contributed by atoms with E-state index in [9.17, 15) is 0 Å². The highest BCUT2D eigenvalue weighted by atomic mass is 79.9. The van der Waals surface area contributed by atoms with Crippen LogP contribution in [0.4, 0.5) is 5.95 Å². The molecule has 1 N–H and O–H groups in total. The summed E-state index contributed by atoms with van der Waals surface area (Å²) in [6.45, 7) is 3.22. The summed E-state index contributed by atoms with van der Waals surface area (Å²) in [7, 11) is 5.22. The molecule has 0 radical (unpaired) electrons. The molecular weight excluding hydrogens is 300 g/mol. The summed E-state index contributed by atoms with van der Waals surface area (Å²) in [4.78, 5) is 10.5. The van der Waals surface area contributed by atoms with Crippen LogP contribution in [0.15, 0.2) is 10.7 Å². The number of anilines is 1. The van der Waals surface area contributed by atoms with Gasteiger partial charge in [0.1, 0.15) is 0 Å². The summed E-state index contributed by atoms with van der Waals surface area (Å²) in [6.07, 6.45) is 1.69. The van der Waals surface area contributed by atoms with Gasteiger partial charge in [0.05, 0.1) is 24.4 Å². The van der Waals surface area contributed by atoms with Crippen molar-refractivity contribution in [2.45, 2.75) is 0 Å². The Morgan fingerprint density at radius 1 is 1.39 bits per heavy atom. The lowest BCUT2D eigenvalue weighted by Gasteiger charge is -2.17. The Hall–Kier alpha value is -0.920. The molecule has 0 saturated carbocycles. The molecule has 0 unspecified atom stereocenters. The fraction of sp³-hybridized carbons (Fsp3) is 0.636. The molecule has 0 aliphatic heterocycles. The summed E-state index contributed by atoms with van der Waals surface area (Å²) in [5, 5.41) is 3.26. The van der Waals surface area contributed by atoms with Crippen LogP contribution < -0.4 is 15.0 Å². The third kappa shape index (κ3) is 4.75. The highest BCUT2D eigenvalue weighted by molar-refractivity contribution is 9.10. The number of halogens is 1. The first-order valence-electron chi connectivity index (χ1n) is 5.66. The molecule has 0 amide bonds. The molecule has 0 bridgehead atoms. The van der Waals surface area contributed by atoms with Gasteiger partial charge in [0, 0.05) is 33.8 Å². The second kappa shape index (κ2) is 8.23. The summed E-state index contributed by atoms with van der Waals surface area (Å²) in [5.74, 6) is 1.18. The molecule has 0 saturated heterocycles. The smallest absolute Gasteiger partial charge is 0.232 e. The number of aromatic nitrogens is 2. The monoisotopic (exact) mass is 318 g/mol. The van der Waals surface area contributed by atoms with Gasteiger partial charge >= 0.3 is 0 Å². The van der Waals surface area contributed by atoms with E-state index in [2.05, 4.69) is 31.2 Å². The lowest BCUT2D eigenvalue weighted by Crippen LogP contribution is -2.31. The lowest BCUT2D eigenvalue weighted by atomic mass is 10.5. The summed E-state index contributed by atoms with van der Waals surface area (Å²) in [5.41, 5.74) is 0. The van der Waals surface area contributed by atoms with Crippen molar-refractivity contribution in [2.24, 2.45) is 0 Å². The van der Waals surface area contributed by atoms with E-state index in [1.54, 1.807) is 20.4 Å². The van der Waals surface area contributed by atoms with Crippen molar-refractivity contribution < 1.29 is 9.47 Å². The Labute approximate surface area is 116 Å². The van der Waals surface area contributed by atoms with Crippen LogP contribution in [0.5, 0.6) is 5.88 Å². The average molecular weight is 319 g/mol. The van der Waals surface area contributed by atoms with Gasteiger partial charge in [-0.2, -0.15) is 4.98 Å². The summed E-state index contributed by atoms with van der Waals surface area (Å²) < 4.78 is 10.8. The van der Waals surface area contributed by atoms with Gasteiger partial charge in [-0.1, -0.05) is 0 Å². The molecule has 0 aromatic carbocycles.